The van der Waals surface area contributed by atoms with Gasteiger partial charge >= 0.3 is 0 Å². The molecule has 3 aromatic rings. The van der Waals surface area contributed by atoms with E-state index >= 15 is 0 Å². The molecule has 3 rings (SSSR count). The fraction of sp³-hybridized carbons (Fsp3) is 0.200. The zero-order valence-electron chi connectivity index (χ0n) is 18.0. The Hall–Kier alpha value is -3.31. The van der Waals surface area contributed by atoms with E-state index in [-0.39, 0.29) is 12.5 Å². The van der Waals surface area contributed by atoms with Crippen LogP contribution in [0, 0.1) is 20.8 Å². The average Bonchev–Trinajstić information content (AvgIpc) is 2.76. The molecule has 1 N–H and O–H groups in total. The van der Waals surface area contributed by atoms with Crippen LogP contribution in [0.2, 0.25) is 5.02 Å². The molecule has 31 heavy (non-hydrogen) atoms. The molecule has 3 aromatic carbocycles. The Balaban J connectivity index is 1.65. The predicted octanol–water partition coefficient (Wildman–Crippen LogP) is 6.04. The first-order valence-corrected chi connectivity index (χ1v) is 10.2. The maximum atomic E-state index is 12.2. The second-order valence-electron chi connectivity index (χ2n) is 7.19. The van der Waals surface area contributed by atoms with Crippen molar-refractivity contribution in [2.45, 2.75) is 20.8 Å². The van der Waals surface area contributed by atoms with Gasteiger partial charge < -0.3 is 14.8 Å². The van der Waals surface area contributed by atoms with Crippen LogP contribution in [0.5, 0.6) is 11.5 Å². The number of rotatable bonds is 7. The quantitative estimate of drug-likeness (QED) is 0.459. The predicted molar refractivity (Wildman–Crippen MR) is 126 cm³/mol. The van der Waals surface area contributed by atoms with E-state index < -0.39 is 0 Å². The number of aryl methyl sites for hydroxylation is 2. The summed E-state index contributed by atoms with van der Waals surface area (Å²) in [5.74, 6) is 0.710. The summed E-state index contributed by atoms with van der Waals surface area (Å²) in [6.45, 7) is 5.86. The van der Waals surface area contributed by atoms with E-state index in [0.717, 1.165) is 22.4 Å². The summed E-state index contributed by atoms with van der Waals surface area (Å²) in [7, 11) is 1.56. The van der Waals surface area contributed by atoms with Crippen molar-refractivity contribution in [3.8, 4) is 11.5 Å². The molecule has 0 spiro atoms. The summed E-state index contributed by atoms with van der Waals surface area (Å²) >= 11 is 6.10. The van der Waals surface area contributed by atoms with Crippen LogP contribution in [-0.4, -0.2) is 25.8 Å². The number of carbonyl (C=O) groups excluding carboxylic acids is 1. The van der Waals surface area contributed by atoms with Crippen molar-refractivity contribution in [1.82, 2.24) is 0 Å². The third kappa shape index (κ3) is 5.86. The molecular formula is C25H25ClN2O3. The Morgan fingerprint density at radius 2 is 1.84 bits per heavy atom. The average molecular weight is 437 g/mol. The maximum Gasteiger partial charge on any atom is 0.262 e. The molecule has 0 heterocycles. The van der Waals surface area contributed by atoms with Crippen LogP contribution < -0.4 is 14.8 Å². The Bertz CT molecular complexity index is 1130. The van der Waals surface area contributed by atoms with Crippen molar-refractivity contribution in [2.75, 3.05) is 19.0 Å². The molecule has 0 aliphatic heterocycles. The Labute approximate surface area is 187 Å². The molecule has 0 bridgehead atoms. The first kappa shape index (κ1) is 22.4. The lowest BCUT2D eigenvalue weighted by molar-refractivity contribution is -0.118. The molecule has 0 aliphatic carbocycles. The van der Waals surface area contributed by atoms with Gasteiger partial charge in [-0.25, -0.2) is 0 Å². The molecule has 0 aromatic heterocycles. The van der Waals surface area contributed by atoms with Gasteiger partial charge in [0.15, 0.2) is 18.1 Å². The van der Waals surface area contributed by atoms with Crippen LogP contribution in [0.1, 0.15) is 22.3 Å². The van der Waals surface area contributed by atoms with Crippen molar-refractivity contribution in [3.05, 3.63) is 81.9 Å². The SMILES string of the molecule is COc1cc(C=Nc2cccc(C)c2C)ccc1OCC(=O)Nc1ccc(C)c(Cl)c1. The van der Waals surface area contributed by atoms with E-state index in [4.69, 9.17) is 21.1 Å². The standard InChI is InChI=1S/C25H25ClN2O3/c1-16-6-5-7-22(18(16)3)27-14-19-9-11-23(24(12-19)30-4)31-15-25(29)28-20-10-8-17(2)21(26)13-20/h5-14H,15H2,1-4H3,(H,28,29). The lowest BCUT2D eigenvalue weighted by Gasteiger charge is -2.12. The number of hydrogen-bond donors (Lipinski definition) is 1. The Morgan fingerprint density at radius 1 is 1.03 bits per heavy atom. The topological polar surface area (TPSA) is 59.9 Å². The number of amides is 1. The number of halogens is 1. The van der Waals surface area contributed by atoms with Gasteiger partial charge in [-0.05, 0) is 79.4 Å². The van der Waals surface area contributed by atoms with Crippen molar-refractivity contribution >= 4 is 35.1 Å². The highest BCUT2D eigenvalue weighted by atomic mass is 35.5. The first-order valence-electron chi connectivity index (χ1n) is 9.84. The zero-order valence-corrected chi connectivity index (χ0v) is 18.8. The van der Waals surface area contributed by atoms with E-state index in [1.807, 2.05) is 37.3 Å². The summed E-state index contributed by atoms with van der Waals surface area (Å²) in [5.41, 5.74) is 5.70. The molecule has 5 nitrogen and oxygen atoms in total. The summed E-state index contributed by atoms with van der Waals surface area (Å²) in [6, 6.07) is 16.8. The Kier molecular flexibility index (Phi) is 7.32. The first-order chi connectivity index (χ1) is 14.9. The second kappa shape index (κ2) is 10.1. The van der Waals surface area contributed by atoms with Gasteiger partial charge in [0.25, 0.3) is 5.91 Å². The van der Waals surface area contributed by atoms with Gasteiger partial charge in [0, 0.05) is 16.9 Å². The van der Waals surface area contributed by atoms with Crippen LogP contribution in [0.25, 0.3) is 0 Å². The highest BCUT2D eigenvalue weighted by molar-refractivity contribution is 6.31. The highest BCUT2D eigenvalue weighted by Gasteiger charge is 2.09. The van der Waals surface area contributed by atoms with Crippen LogP contribution >= 0.6 is 11.6 Å². The van der Waals surface area contributed by atoms with E-state index in [2.05, 4.69) is 30.2 Å². The van der Waals surface area contributed by atoms with Crippen molar-refractivity contribution in [1.29, 1.82) is 0 Å². The summed E-state index contributed by atoms with van der Waals surface area (Å²) in [6.07, 6.45) is 1.78. The van der Waals surface area contributed by atoms with E-state index in [9.17, 15) is 4.79 Å². The molecule has 0 radical (unpaired) electrons. The summed E-state index contributed by atoms with van der Waals surface area (Å²) < 4.78 is 11.1. The van der Waals surface area contributed by atoms with E-state index in [1.165, 1.54) is 5.56 Å². The minimum atomic E-state index is -0.289. The number of nitrogens with one attached hydrogen (secondary N) is 1. The molecule has 0 atom stereocenters. The number of carbonyl (C=O) groups is 1. The normalized spacial score (nSPS) is 10.9. The van der Waals surface area contributed by atoms with Crippen LogP contribution in [0.3, 0.4) is 0 Å². The molecule has 1 amide bonds. The van der Waals surface area contributed by atoms with Crippen LogP contribution in [0.15, 0.2) is 59.6 Å². The van der Waals surface area contributed by atoms with Crippen molar-refractivity contribution in [3.63, 3.8) is 0 Å². The van der Waals surface area contributed by atoms with Gasteiger partial charge in [0.05, 0.1) is 12.8 Å². The number of aliphatic imine (C=N–C) groups is 1. The fourth-order valence-electron chi connectivity index (χ4n) is 2.91. The van der Waals surface area contributed by atoms with Gasteiger partial charge in [-0.1, -0.05) is 29.8 Å². The fourth-order valence-corrected chi connectivity index (χ4v) is 3.09. The summed E-state index contributed by atoms with van der Waals surface area (Å²) in [4.78, 5) is 16.8. The van der Waals surface area contributed by atoms with Crippen LogP contribution in [0.4, 0.5) is 11.4 Å². The number of ether oxygens (including phenoxy) is 2. The highest BCUT2D eigenvalue weighted by Crippen LogP contribution is 2.28. The van der Waals surface area contributed by atoms with Gasteiger partial charge in [-0.3, -0.25) is 9.79 Å². The van der Waals surface area contributed by atoms with E-state index in [1.54, 1.807) is 31.5 Å². The smallest absolute Gasteiger partial charge is 0.262 e. The third-order valence-corrected chi connectivity index (χ3v) is 5.34. The molecule has 160 valence electrons. The number of anilines is 1. The second-order valence-corrected chi connectivity index (χ2v) is 7.60. The van der Waals surface area contributed by atoms with Crippen molar-refractivity contribution < 1.29 is 14.3 Å². The number of methoxy groups -OCH3 is 1. The molecule has 6 heteroatoms. The number of benzene rings is 3. The lowest BCUT2D eigenvalue weighted by atomic mass is 10.1. The largest absolute Gasteiger partial charge is 0.493 e. The number of hydrogen-bond acceptors (Lipinski definition) is 4. The van der Waals surface area contributed by atoms with Crippen LogP contribution in [-0.2, 0) is 4.79 Å². The maximum absolute atomic E-state index is 12.2. The zero-order chi connectivity index (χ0) is 22.4. The summed E-state index contributed by atoms with van der Waals surface area (Å²) in [5, 5.41) is 3.36. The number of nitrogens with zero attached hydrogens (tertiary/aromatic N) is 1. The lowest BCUT2D eigenvalue weighted by Crippen LogP contribution is -2.20. The van der Waals surface area contributed by atoms with Gasteiger partial charge in [0.1, 0.15) is 0 Å². The molecule has 0 saturated carbocycles. The molecule has 0 saturated heterocycles. The minimum Gasteiger partial charge on any atom is -0.493 e. The third-order valence-electron chi connectivity index (χ3n) is 4.93. The van der Waals surface area contributed by atoms with E-state index in [0.29, 0.717) is 22.2 Å². The monoisotopic (exact) mass is 436 g/mol. The van der Waals surface area contributed by atoms with Crippen molar-refractivity contribution in [2.24, 2.45) is 4.99 Å². The van der Waals surface area contributed by atoms with Gasteiger partial charge in [-0.15, -0.1) is 0 Å². The van der Waals surface area contributed by atoms with Gasteiger partial charge in [0.2, 0.25) is 0 Å². The minimum absolute atomic E-state index is 0.155. The van der Waals surface area contributed by atoms with Gasteiger partial charge in [-0.2, -0.15) is 0 Å². The molecular weight excluding hydrogens is 412 g/mol. The molecule has 0 fully saturated rings. The molecule has 0 aliphatic rings. The Morgan fingerprint density at radius 3 is 2.58 bits per heavy atom. The molecule has 0 unspecified atom stereocenters.